The molecule has 2 atom stereocenters. The van der Waals surface area contributed by atoms with E-state index in [0.29, 0.717) is 13.0 Å². The minimum Gasteiger partial charge on any atom is -0.481 e. The molecule has 0 aromatic rings. The van der Waals surface area contributed by atoms with Gasteiger partial charge in [-0.05, 0) is 38.3 Å². The maximum absolute atomic E-state index is 11.5. The van der Waals surface area contributed by atoms with Crippen LogP contribution in [0.1, 0.15) is 25.7 Å². The number of sulfone groups is 1. The number of rotatable bonds is 4. The van der Waals surface area contributed by atoms with Crippen molar-refractivity contribution in [2.45, 2.75) is 25.7 Å². The van der Waals surface area contributed by atoms with E-state index in [2.05, 4.69) is 4.90 Å². The molecule has 6 heteroatoms. The quantitative estimate of drug-likeness (QED) is 0.813. The molecule has 2 aliphatic heterocycles. The Labute approximate surface area is 108 Å². The first-order chi connectivity index (χ1) is 8.48. The average Bonchev–Trinajstić information content (AvgIpc) is 2.67. The maximum atomic E-state index is 11.5. The van der Waals surface area contributed by atoms with Gasteiger partial charge < -0.3 is 10.0 Å². The standard InChI is InChI=1S/C12H21NO4S/c14-12(15)11(8-13-5-2-1-3-6-13)10-4-7-18(16,17)9-10/h10-11H,1-9H2,(H,14,15). The van der Waals surface area contributed by atoms with Crippen molar-refractivity contribution < 1.29 is 18.3 Å². The number of piperidine rings is 1. The largest absolute Gasteiger partial charge is 0.481 e. The van der Waals surface area contributed by atoms with E-state index in [9.17, 15) is 18.3 Å². The number of hydrogen-bond acceptors (Lipinski definition) is 4. The molecular weight excluding hydrogens is 254 g/mol. The van der Waals surface area contributed by atoms with Crippen LogP contribution in [-0.4, -0.2) is 55.5 Å². The molecule has 2 rings (SSSR count). The van der Waals surface area contributed by atoms with Crippen LogP contribution in [0.15, 0.2) is 0 Å². The molecule has 2 saturated heterocycles. The SMILES string of the molecule is O=C(O)C(CN1CCCCC1)C1CCS(=O)(=O)C1. The van der Waals surface area contributed by atoms with Crippen LogP contribution in [0.5, 0.6) is 0 Å². The molecule has 0 saturated carbocycles. The van der Waals surface area contributed by atoms with E-state index in [1.54, 1.807) is 0 Å². The molecule has 2 unspecified atom stereocenters. The first-order valence-corrected chi connectivity index (χ1v) is 8.46. The highest BCUT2D eigenvalue weighted by Gasteiger charge is 2.38. The van der Waals surface area contributed by atoms with E-state index in [0.717, 1.165) is 25.9 Å². The Kier molecular flexibility index (Phi) is 4.27. The average molecular weight is 275 g/mol. The van der Waals surface area contributed by atoms with E-state index in [1.165, 1.54) is 6.42 Å². The van der Waals surface area contributed by atoms with Crippen LogP contribution in [0.4, 0.5) is 0 Å². The zero-order valence-electron chi connectivity index (χ0n) is 10.5. The molecule has 0 aromatic carbocycles. The third-order valence-corrected chi connectivity index (χ3v) is 5.85. The number of carboxylic acid groups (broad SMARTS) is 1. The molecule has 0 radical (unpaired) electrons. The van der Waals surface area contributed by atoms with Gasteiger partial charge in [-0.1, -0.05) is 6.42 Å². The predicted molar refractivity (Wildman–Crippen MR) is 68.2 cm³/mol. The van der Waals surface area contributed by atoms with Gasteiger partial charge in [-0.2, -0.15) is 0 Å². The van der Waals surface area contributed by atoms with Crippen LogP contribution >= 0.6 is 0 Å². The Hall–Kier alpha value is -0.620. The summed E-state index contributed by atoms with van der Waals surface area (Å²) in [6, 6.07) is 0. The minimum absolute atomic E-state index is 0.0534. The lowest BCUT2D eigenvalue weighted by atomic mass is 9.91. The molecule has 0 aromatic heterocycles. The molecule has 0 aliphatic carbocycles. The predicted octanol–water partition coefficient (Wildman–Crippen LogP) is 0.608. The highest BCUT2D eigenvalue weighted by molar-refractivity contribution is 7.91. The van der Waals surface area contributed by atoms with Gasteiger partial charge >= 0.3 is 5.97 Å². The molecule has 0 amide bonds. The lowest BCUT2D eigenvalue weighted by molar-refractivity contribution is -0.144. The Bertz CT molecular complexity index is 400. The second kappa shape index (κ2) is 5.57. The van der Waals surface area contributed by atoms with Crippen molar-refractivity contribution in [2.24, 2.45) is 11.8 Å². The zero-order chi connectivity index (χ0) is 13.2. The minimum atomic E-state index is -3.00. The summed E-state index contributed by atoms with van der Waals surface area (Å²) in [5.41, 5.74) is 0. The second-order valence-electron chi connectivity index (χ2n) is 5.47. The highest BCUT2D eigenvalue weighted by atomic mass is 32.2. The maximum Gasteiger partial charge on any atom is 0.308 e. The summed E-state index contributed by atoms with van der Waals surface area (Å²) in [4.78, 5) is 13.5. The van der Waals surface area contributed by atoms with Crippen molar-refractivity contribution in [1.82, 2.24) is 4.90 Å². The van der Waals surface area contributed by atoms with Crippen LogP contribution < -0.4 is 0 Å². The van der Waals surface area contributed by atoms with Crippen molar-refractivity contribution in [3.63, 3.8) is 0 Å². The van der Waals surface area contributed by atoms with Gasteiger partial charge in [0.05, 0.1) is 17.4 Å². The van der Waals surface area contributed by atoms with Crippen molar-refractivity contribution in [3.8, 4) is 0 Å². The van der Waals surface area contributed by atoms with Gasteiger partial charge in [-0.15, -0.1) is 0 Å². The summed E-state index contributed by atoms with van der Waals surface area (Å²) in [6.45, 7) is 2.40. The monoisotopic (exact) mass is 275 g/mol. The van der Waals surface area contributed by atoms with Crippen molar-refractivity contribution in [2.75, 3.05) is 31.1 Å². The Morgan fingerprint density at radius 2 is 1.94 bits per heavy atom. The number of carboxylic acids is 1. The number of likely N-dealkylation sites (tertiary alicyclic amines) is 1. The number of carbonyl (C=O) groups is 1. The molecule has 104 valence electrons. The fourth-order valence-electron chi connectivity index (χ4n) is 2.99. The Morgan fingerprint density at radius 3 is 2.44 bits per heavy atom. The van der Waals surface area contributed by atoms with E-state index >= 15 is 0 Å². The Balaban J connectivity index is 1.98. The van der Waals surface area contributed by atoms with Crippen LogP contribution in [0.2, 0.25) is 0 Å². The van der Waals surface area contributed by atoms with E-state index < -0.39 is 21.7 Å². The number of aliphatic carboxylic acids is 1. The first kappa shape index (κ1) is 13.8. The van der Waals surface area contributed by atoms with E-state index in [-0.39, 0.29) is 17.4 Å². The molecule has 18 heavy (non-hydrogen) atoms. The van der Waals surface area contributed by atoms with Gasteiger partial charge in [0.25, 0.3) is 0 Å². The third-order valence-electron chi connectivity index (χ3n) is 4.06. The van der Waals surface area contributed by atoms with Crippen LogP contribution in [0, 0.1) is 11.8 Å². The third kappa shape index (κ3) is 3.45. The molecule has 2 fully saturated rings. The number of hydrogen-bond donors (Lipinski definition) is 1. The summed E-state index contributed by atoms with van der Waals surface area (Å²) in [5, 5.41) is 9.31. The van der Waals surface area contributed by atoms with Gasteiger partial charge in [0.1, 0.15) is 0 Å². The molecule has 2 aliphatic rings. The second-order valence-corrected chi connectivity index (χ2v) is 7.70. The summed E-state index contributed by atoms with van der Waals surface area (Å²) in [6.07, 6.45) is 3.96. The molecular formula is C12H21NO4S. The smallest absolute Gasteiger partial charge is 0.308 e. The zero-order valence-corrected chi connectivity index (χ0v) is 11.4. The fourth-order valence-corrected chi connectivity index (χ4v) is 4.87. The first-order valence-electron chi connectivity index (χ1n) is 6.63. The van der Waals surface area contributed by atoms with Gasteiger partial charge in [-0.25, -0.2) is 8.42 Å². The molecule has 2 heterocycles. The Morgan fingerprint density at radius 1 is 1.28 bits per heavy atom. The van der Waals surface area contributed by atoms with Crippen molar-refractivity contribution in [1.29, 1.82) is 0 Å². The van der Waals surface area contributed by atoms with E-state index in [4.69, 9.17) is 0 Å². The van der Waals surface area contributed by atoms with Crippen LogP contribution in [-0.2, 0) is 14.6 Å². The van der Waals surface area contributed by atoms with Gasteiger partial charge in [-0.3, -0.25) is 4.79 Å². The molecule has 5 nitrogen and oxygen atoms in total. The lowest BCUT2D eigenvalue weighted by Crippen LogP contribution is -2.40. The summed E-state index contributed by atoms with van der Waals surface area (Å²) in [5.74, 6) is -1.36. The van der Waals surface area contributed by atoms with Gasteiger partial charge in [0.15, 0.2) is 9.84 Å². The summed E-state index contributed by atoms with van der Waals surface area (Å²) in [7, 11) is -3.00. The van der Waals surface area contributed by atoms with Gasteiger partial charge in [0, 0.05) is 6.54 Å². The topological polar surface area (TPSA) is 74.7 Å². The van der Waals surface area contributed by atoms with Crippen LogP contribution in [0.3, 0.4) is 0 Å². The number of nitrogens with zero attached hydrogens (tertiary/aromatic N) is 1. The normalized spacial score (nSPS) is 30.1. The molecule has 0 bridgehead atoms. The lowest BCUT2D eigenvalue weighted by Gasteiger charge is -2.30. The fraction of sp³-hybridized carbons (Fsp3) is 0.917. The van der Waals surface area contributed by atoms with Crippen LogP contribution in [0.25, 0.3) is 0 Å². The van der Waals surface area contributed by atoms with Gasteiger partial charge in [0.2, 0.25) is 0 Å². The van der Waals surface area contributed by atoms with E-state index in [1.807, 2.05) is 0 Å². The van der Waals surface area contributed by atoms with Crippen molar-refractivity contribution >= 4 is 15.8 Å². The molecule has 0 spiro atoms. The molecule has 1 N–H and O–H groups in total. The summed E-state index contributed by atoms with van der Waals surface area (Å²) >= 11 is 0. The summed E-state index contributed by atoms with van der Waals surface area (Å²) < 4.78 is 22.9. The highest BCUT2D eigenvalue weighted by Crippen LogP contribution is 2.27. The van der Waals surface area contributed by atoms with Crippen molar-refractivity contribution in [3.05, 3.63) is 0 Å².